The number of nitrogens with one attached hydrogen (secondary N) is 2. The van der Waals surface area contributed by atoms with Crippen molar-refractivity contribution in [1.29, 1.82) is 0 Å². The van der Waals surface area contributed by atoms with E-state index in [1.807, 2.05) is 6.92 Å². The van der Waals surface area contributed by atoms with Gasteiger partial charge in [-0.1, -0.05) is 6.92 Å². The van der Waals surface area contributed by atoms with E-state index >= 15 is 0 Å². The standard InChI is InChI=1S/C13H19F2N3O2/c1-2-4-17-11-3-5-16-8-10(11)13(19)18-6-7-20-9-12(14)15/h3,5,8,12H,2,4,6-7,9H2,1H3,(H,16,17)(H,18,19). The highest BCUT2D eigenvalue weighted by Gasteiger charge is 2.10. The molecule has 0 radical (unpaired) electrons. The van der Waals surface area contributed by atoms with Gasteiger partial charge in [0.2, 0.25) is 0 Å². The van der Waals surface area contributed by atoms with E-state index < -0.39 is 13.0 Å². The van der Waals surface area contributed by atoms with Crippen molar-refractivity contribution in [2.45, 2.75) is 19.8 Å². The lowest BCUT2D eigenvalue weighted by Crippen LogP contribution is -2.28. The number of hydrogen-bond donors (Lipinski definition) is 2. The maximum atomic E-state index is 11.9. The third-order valence-electron chi connectivity index (χ3n) is 2.41. The number of alkyl halides is 2. The fourth-order valence-electron chi connectivity index (χ4n) is 1.49. The van der Waals surface area contributed by atoms with E-state index in [0.717, 1.165) is 13.0 Å². The van der Waals surface area contributed by atoms with Crippen LogP contribution in [0.5, 0.6) is 0 Å². The Morgan fingerprint density at radius 2 is 2.25 bits per heavy atom. The Morgan fingerprint density at radius 1 is 1.45 bits per heavy atom. The summed E-state index contributed by atoms with van der Waals surface area (Å²) in [5.74, 6) is -0.308. The number of hydrogen-bond acceptors (Lipinski definition) is 4. The number of nitrogens with zero attached hydrogens (tertiary/aromatic N) is 1. The number of carbonyl (C=O) groups excluding carboxylic acids is 1. The van der Waals surface area contributed by atoms with E-state index in [2.05, 4.69) is 20.4 Å². The lowest BCUT2D eigenvalue weighted by molar-refractivity contribution is 0.0188. The average molecular weight is 287 g/mol. The fraction of sp³-hybridized carbons (Fsp3) is 0.538. The number of aromatic nitrogens is 1. The fourth-order valence-corrected chi connectivity index (χ4v) is 1.49. The SMILES string of the molecule is CCCNc1ccncc1C(=O)NCCOCC(F)F. The molecule has 0 unspecified atom stereocenters. The zero-order valence-electron chi connectivity index (χ0n) is 11.4. The van der Waals surface area contributed by atoms with Crippen LogP contribution in [0.1, 0.15) is 23.7 Å². The zero-order chi connectivity index (χ0) is 14.8. The zero-order valence-corrected chi connectivity index (χ0v) is 11.4. The summed E-state index contributed by atoms with van der Waals surface area (Å²) in [4.78, 5) is 15.8. The van der Waals surface area contributed by atoms with Crippen LogP contribution in [0.3, 0.4) is 0 Å². The third-order valence-corrected chi connectivity index (χ3v) is 2.41. The first-order chi connectivity index (χ1) is 9.65. The molecular weight excluding hydrogens is 268 g/mol. The topological polar surface area (TPSA) is 63.2 Å². The molecule has 0 aliphatic heterocycles. The summed E-state index contributed by atoms with van der Waals surface area (Å²) >= 11 is 0. The van der Waals surface area contributed by atoms with Crippen LogP contribution >= 0.6 is 0 Å². The molecule has 0 aliphatic carbocycles. The summed E-state index contributed by atoms with van der Waals surface area (Å²) in [6.45, 7) is 2.38. The minimum atomic E-state index is -2.49. The van der Waals surface area contributed by atoms with Crippen LogP contribution in [0.2, 0.25) is 0 Å². The minimum absolute atomic E-state index is 0.0497. The van der Waals surface area contributed by atoms with Crippen molar-refractivity contribution in [3.63, 3.8) is 0 Å². The molecule has 1 rings (SSSR count). The molecule has 0 fully saturated rings. The minimum Gasteiger partial charge on any atom is -0.384 e. The summed E-state index contributed by atoms with van der Waals surface area (Å²) in [5, 5.41) is 5.73. The van der Waals surface area contributed by atoms with Gasteiger partial charge >= 0.3 is 0 Å². The van der Waals surface area contributed by atoms with E-state index in [0.29, 0.717) is 11.3 Å². The molecule has 5 nitrogen and oxygen atoms in total. The van der Waals surface area contributed by atoms with Crippen LogP contribution in [-0.4, -0.2) is 43.6 Å². The molecule has 0 saturated heterocycles. The Hall–Kier alpha value is -1.76. The molecule has 1 aromatic heterocycles. The van der Waals surface area contributed by atoms with Gasteiger partial charge in [-0.05, 0) is 12.5 Å². The average Bonchev–Trinajstić information content (AvgIpc) is 2.44. The van der Waals surface area contributed by atoms with E-state index in [1.54, 1.807) is 12.3 Å². The number of amides is 1. The Balaban J connectivity index is 2.42. The summed E-state index contributed by atoms with van der Waals surface area (Å²) in [5.41, 5.74) is 1.13. The lowest BCUT2D eigenvalue weighted by Gasteiger charge is -2.11. The van der Waals surface area contributed by atoms with E-state index in [9.17, 15) is 13.6 Å². The smallest absolute Gasteiger partial charge is 0.261 e. The van der Waals surface area contributed by atoms with Crippen LogP contribution in [0.4, 0.5) is 14.5 Å². The molecule has 1 amide bonds. The highest BCUT2D eigenvalue weighted by Crippen LogP contribution is 2.13. The van der Waals surface area contributed by atoms with Crippen molar-refractivity contribution in [3.05, 3.63) is 24.0 Å². The Morgan fingerprint density at radius 3 is 2.95 bits per heavy atom. The van der Waals surface area contributed by atoms with Gasteiger partial charge in [-0.3, -0.25) is 9.78 Å². The van der Waals surface area contributed by atoms with Crippen LogP contribution < -0.4 is 10.6 Å². The molecule has 2 N–H and O–H groups in total. The van der Waals surface area contributed by atoms with Crippen molar-refractivity contribution in [3.8, 4) is 0 Å². The Labute approximate surface area is 116 Å². The van der Waals surface area contributed by atoms with Gasteiger partial charge in [-0.25, -0.2) is 8.78 Å². The molecule has 1 heterocycles. The highest BCUT2D eigenvalue weighted by atomic mass is 19.3. The maximum absolute atomic E-state index is 11.9. The molecule has 0 aliphatic rings. The number of pyridine rings is 1. The first-order valence-corrected chi connectivity index (χ1v) is 6.47. The number of anilines is 1. The first kappa shape index (κ1) is 16.3. The van der Waals surface area contributed by atoms with Gasteiger partial charge in [0.25, 0.3) is 12.3 Å². The molecule has 20 heavy (non-hydrogen) atoms. The van der Waals surface area contributed by atoms with Gasteiger partial charge in [0.1, 0.15) is 6.61 Å². The maximum Gasteiger partial charge on any atom is 0.261 e. The summed E-state index contributed by atoms with van der Waals surface area (Å²) in [7, 11) is 0. The molecular formula is C13H19F2N3O2. The van der Waals surface area contributed by atoms with Crippen LogP contribution in [0, 0.1) is 0 Å². The molecule has 0 atom stereocenters. The molecule has 0 spiro atoms. The van der Waals surface area contributed by atoms with Crippen molar-refractivity contribution in [2.75, 3.05) is 31.6 Å². The van der Waals surface area contributed by atoms with Gasteiger partial charge in [0.05, 0.1) is 17.9 Å². The second kappa shape index (κ2) is 9.19. The second-order valence-corrected chi connectivity index (χ2v) is 4.07. The van der Waals surface area contributed by atoms with Gasteiger partial charge in [0.15, 0.2) is 0 Å². The summed E-state index contributed by atoms with van der Waals surface area (Å²) < 4.78 is 28.3. The quantitative estimate of drug-likeness (QED) is 0.681. The van der Waals surface area contributed by atoms with Crippen molar-refractivity contribution < 1.29 is 18.3 Å². The second-order valence-electron chi connectivity index (χ2n) is 4.07. The Bertz CT molecular complexity index is 416. The molecule has 112 valence electrons. The van der Waals surface area contributed by atoms with Gasteiger partial charge in [-0.2, -0.15) is 0 Å². The van der Waals surface area contributed by atoms with E-state index in [4.69, 9.17) is 0 Å². The molecule has 1 aromatic rings. The summed E-state index contributed by atoms with van der Waals surface area (Å²) in [6, 6.07) is 1.72. The van der Waals surface area contributed by atoms with Crippen molar-refractivity contribution >= 4 is 11.6 Å². The van der Waals surface area contributed by atoms with E-state index in [1.165, 1.54) is 6.20 Å². The number of rotatable bonds is 9. The normalized spacial score (nSPS) is 10.6. The number of halogens is 2. The lowest BCUT2D eigenvalue weighted by atomic mass is 10.2. The highest BCUT2D eigenvalue weighted by molar-refractivity contribution is 5.99. The van der Waals surface area contributed by atoms with Gasteiger partial charge in [0, 0.05) is 25.5 Å². The largest absolute Gasteiger partial charge is 0.384 e. The number of ether oxygens (including phenoxy) is 1. The number of carbonyl (C=O) groups is 1. The van der Waals surface area contributed by atoms with E-state index in [-0.39, 0.29) is 19.1 Å². The van der Waals surface area contributed by atoms with Crippen molar-refractivity contribution in [1.82, 2.24) is 10.3 Å². The molecule has 0 saturated carbocycles. The van der Waals surface area contributed by atoms with Crippen LogP contribution in [0.25, 0.3) is 0 Å². The first-order valence-electron chi connectivity index (χ1n) is 6.47. The molecule has 7 heteroatoms. The predicted molar refractivity (Wildman–Crippen MR) is 72.2 cm³/mol. The molecule has 0 aromatic carbocycles. The Kier molecular flexibility index (Phi) is 7.49. The predicted octanol–water partition coefficient (Wildman–Crippen LogP) is 1.92. The van der Waals surface area contributed by atoms with Crippen molar-refractivity contribution in [2.24, 2.45) is 0 Å². The van der Waals surface area contributed by atoms with Gasteiger partial charge < -0.3 is 15.4 Å². The molecule has 0 bridgehead atoms. The van der Waals surface area contributed by atoms with Crippen LogP contribution in [-0.2, 0) is 4.74 Å². The third kappa shape index (κ3) is 5.92. The van der Waals surface area contributed by atoms with Gasteiger partial charge in [-0.15, -0.1) is 0 Å². The monoisotopic (exact) mass is 287 g/mol. The van der Waals surface area contributed by atoms with Crippen LogP contribution in [0.15, 0.2) is 18.5 Å². The summed E-state index contributed by atoms with van der Waals surface area (Å²) in [6.07, 6.45) is 1.51.